The van der Waals surface area contributed by atoms with E-state index in [0.29, 0.717) is 31.2 Å². The maximum Gasteiger partial charge on any atom is 0.390 e. The number of hydrogen-bond acceptors (Lipinski definition) is 3. The van der Waals surface area contributed by atoms with Crippen molar-refractivity contribution in [2.45, 2.75) is 45.2 Å². The quantitative estimate of drug-likeness (QED) is 0.350. The Morgan fingerprint density at radius 1 is 1.17 bits per heavy atom. The monoisotopic (exact) mass is 528 g/mol. The van der Waals surface area contributed by atoms with Gasteiger partial charge < -0.3 is 20.3 Å². The van der Waals surface area contributed by atoms with Gasteiger partial charge in [-0.25, -0.2) is 0 Å². The number of nitrogens with one attached hydrogen (secondary N) is 2. The fraction of sp³-hybridized carbons (Fsp3) is 0.579. The van der Waals surface area contributed by atoms with E-state index < -0.39 is 12.6 Å². The highest BCUT2D eigenvalue weighted by molar-refractivity contribution is 14.0. The summed E-state index contributed by atoms with van der Waals surface area (Å²) in [7, 11) is 1.50. The summed E-state index contributed by atoms with van der Waals surface area (Å²) in [5.74, 6) is 0.256. The Hall–Kier alpha value is -1.56. The number of amides is 1. The van der Waals surface area contributed by atoms with Crippen LogP contribution in [0, 0.1) is 0 Å². The van der Waals surface area contributed by atoms with Crippen molar-refractivity contribution in [1.82, 2.24) is 15.5 Å². The average Bonchev–Trinajstić information content (AvgIpc) is 2.62. The number of hydrogen-bond donors (Lipinski definition) is 2. The van der Waals surface area contributed by atoms with Crippen molar-refractivity contribution in [3.63, 3.8) is 0 Å². The maximum absolute atomic E-state index is 12.6. The standard InChI is InChI=1S/C19H27F3N4O2.HI/c1-13-11-26(12-14(2)28-13)17(27)16-6-4-15(5-7-16)10-25-18(23-3)24-9-8-19(20,21)22;/h4-7,13-14H,8-12H2,1-3H3,(H2,23,24,25);1H. The molecule has 1 aliphatic rings. The molecule has 1 fully saturated rings. The van der Waals surface area contributed by atoms with E-state index in [2.05, 4.69) is 15.6 Å². The van der Waals surface area contributed by atoms with Gasteiger partial charge >= 0.3 is 6.18 Å². The molecule has 29 heavy (non-hydrogen) atoms. The normalized spacial score (nSPS) is 20.1. The van der Waals surface area contributed by atoms with E-state index in [9.17, 15) is 18.0 Å². The molecule has 0 saturated carbocycles. The number of halogens is 4. The summed E-state index contributed by atoms with van der Waals surface area (Å²) in [6, 6.07) is 7.14. The lowest BCUT2D eigenvalue weighted by Gasteiger charge is -2.35. The zero-order valence-electron chi connectivity index (χ0n) is 16.8. The molecule has 0 spiro atoms. The summed E-state index contributed by atoms with van der Waals surface area (Å²) in [5, 5.41) is 5.58. The van der Waals surface area contributed by atoms with E-state index in [1.807, 2.05) is 26.0 Å². The first-order valence-corrected chi connectivity index (χ1v) is 9.23. The molecule has 0 radical (unpaired) electrons. The van der Waals surface area contributed by atoms with Crippen molar-refractivity contribution >= 4 is 35.8 Å². The molecular weight excluding hydrogens is 500 g/mol. The number of carbonyl (C=O) groups is 1. The second-order valence-electron chi connectivity index (χ2n) is 6.88. The van der Waals surface area contributed by atoms with E-state index in [4.69, 9.17) is 4.74 Å². The Bertz CT molecular complexity index is 673. The van der Waals surface area contributed by atoms with Crippen LogP contribution in [-0.4, -0.2) is 61.8 Å². The van der Waals surface area contributed by atoms with Crippen molar-refractivity contribution in [3.8, 4) is 0 Å². The SMILES string of the molecule is CN=C(NCCC(F)(F)F)NCc1ccc(C(=O)N2CC(C)OC(C)C2)cc1.I. The number of nitrogens with zero attached hydrogens (tertiary/aromatic N) is 2. The molecule has 0 aliphatic carbocycles. The molecule has 1 amide bonds. The van der Waals surface area contributed by atoms with Gasteiger partial charge in [0.05, 0.1) is 18.6 Å². The van der Waals surface area contributed by atoms with Crippen molar-refractivity contribution < 1.29 is 22.7 Å². The van der Waals surface area contributed by atoms with E-state index in [1.165, 1.54) is 7.05 Å². The largest absolute Gasteiger partial charge is 0.390 e. The third kappa shape index (κ3) is 8.77. The van der Waals surface area contributed by atoms with Gasteiger partial charge in [-0.1, -0.05) is 12.1 Å². The minimum Gasteiger partial charge on any atom is -0.372 e. The third-order valence-electron chi connectivity index (χ3n) is 4.29. The molecule has 164 valence electrons. The molecule has 2 unspecified atom stereocenters. The topological polar surface area (TPSA) is 66.0 Å². The molecular formula is C19H28F3IN4O2. The van der Waals surface area contributed by atoms with Gasteiger partial charge in [0, 0.05) is 38.8 Å². The van der Waals surface area contributed by atoms with E-state index in [0.717, 1.165) is 5.56 Å². The van der Waals surface area contributed by atoms with Crippen molar-refractivity contribution in [2.24, 2.45) is 4.99 Å². The van der Waals surface area contributed by atoms with Gasteiger partial charge in [0.15, 0.2) is 5.96 Å². The Labute approximate surface area is 186 Å². The molecule has 1 aliphatic heterocycles. The molecule has 1 saturated heterocycles. The maximum atomic E-state index is 12.6. The molecule has 1 aromatic carbocycles. The smallest absolute Gasteiger partial charge is 0.372 e. The highest BCUT2D eigenvalue weighted by atomic mass is 127. The summed E-state index contributed by atoms with van der Waals surface area (Å²) in [6.07, 6.45) is -5.12. The van der Waals surface area contributed by atoms with Crippen LogP contribution in [0.5, 0.6) is 0 Å². The molecule has 0 aromatic heterocycles. The van der Waals surface area contributed by atoms with Crippen molar-refractivity contribution in [3.05, 3.63) is 35.4 Å². The van der Waals surface area contributed by atoms with Gasteiger partial charge in [-0.05, 0) is 31.5 Å². The van der Waals surface area contributed by atoms with Gasteiger partial charge in [-0.15, -0.1) is 24.0 Å². The van der Waals surface area contributed by atoms with E-state index >= 15 is 0 Å². The minimum absolute atomic E-state index is 0. The Kier molecular flexibility index (Phi) is 10.2. The second kappa shape index (κ2) is 11.6. The first-order chi connectivity index (χ1) is 13.2. The summed E-state index contributed by atoms with van der Waals surface area (Å²) < 4.78 is 42.3. The molecule has 1 aromatic rings. The zero-order valence-corrected chi connectivity index (χ0v) is 19.1. The van der Waals surface area contributed by atoms with Crippen LogP contribution in [0.25, 0.3) is 0 Å². The number of alkyl halides is 3. The number of rotatable bonds is 5. The molecule has 2 rings (SSSR count). The van der Waals surface area contributed by atoms with Gasteiger partial charge in [0.25, 0.3) is 5.91 Å². The van der Waals surface area contributed by atoms with Gasteiger partial charge in [0.2, 0.25) is 0 Å². The number of benzene rings is 1. The lowest BCUT2D eigenvalue weighted by atomic mass is 10.1. The molecule has 2 atom stereocenters. The lowest BCUT2D eigenvalue weighted by molar-refractivity contribution is -0.132. The molecule has 1 heterocycles. The first kappa shape index (κ1) is 25.5. The zero-order chi connectivity index (χ0) is 20.7. The fourth-order valence-corrected chi connectivity index (χ4v) is 3.02. The van der Waals surface area contributed by atoms with Crippen LogP contribution < -0.4 is 10.6 Å². The Morgan fingerprint density at radius 3 is 2.28 bits per heavy atom. The van der Waals surface area contributed by atoms with Crippen LogP contribution in [0.15, 0.2) is 29.3 Å². The Balaban J connectivity index is 0.00000420. The van der Waals surface area contributed by atoms with Crippen LogP contribution in [0.4, 0.5) is 13.2 Å². The molecule has 6 nitrogen and oxygen atoms in total. The summed E-state index contributed by atoms with van der Waals surface area (Å²) in [6.45, 7) is 5.15. The van der Waals surface area contributed by atoms with Crippen LogP contribution in [0.1, 0.15) is 36.2 Å². The predicted octanol–water partition coefficient (Wildman–Crippen LogP) is 3.17. The number of ether oxygens (including phenoxy) is 1. The van der Waals surface area contributed by atoms with E-state index in [1.54, 1.807) is 17.0 Å². The van der Waals surface area contributed by atoms with Crippen LogP contribution in [-0.2, 0) is 11.3 Å². The summed E-state index contributed by atoms with van der Waals surface area (Å²) in [5.41, 5.74) is 1.48. The van der Waals surface area contributed by atoms with Crippen molar-refractivity contribution in [2.75, 3.05) is 26.7 Å². The second-order valence-corrected chi connectivity index (χ2v) is 6.88. The van der Waals surface area contributed by atoms with Gasteiger partial charge in [0.1, 0.15) is 0 Å². The van der Waals surface area contributed by atoms with Crippen LogP contribution in [0.2, 0.25) is 0 Å². The van der Waals surface area contributed by atoms with E-state index in [-0.39, 0.29) is 48.6 Å². The molecule has 0 bridgehead atoms. The Morgan fingerprint density at radius 2 is 1.76 bits per heavy atom. The van der Waals surface area contributed by atoms with Gasteiger partial charge in [-0.2, -0.15) is 13.2 Å². The molecule has 2 N–H and O–H groups in total. The predicted molar refractivity (Wildman–Crippen MR) is 117 cm³/mol. The number of carbonyl (C=O) groups excluding carboxylic acids is 1. The third-order valence-corrected chi connectivity index (χ3v) is 4.29. The number of aliphatic imine (C=N–C) groups is 1. The fourth-order valence-electron chi connectivity index (χ4n) is 3.02. The van der Waals surface area contributed by atoms with Crippen LogP contribution in [0.3, 0.4) is 0 Å². The highest BCUT2D eigenvalue weighted by Crippen LogP contribution is 2.18. The summed E-state index contributed by atoms with van der Waals surface area (Å²) >= 11 is 0. The number of guanidine groups is 1. The van der Waals surface area contributed by atoms with Crippen molar-refractivity contribution in [1.29, 1.82) is 0 Å². The first-order valence-electron chi connectivity index (χ1n) is 9.23. The lowest BCUT2D eigenvalue weighted by Crippen LogP contribution is -2.48. The highest BCUT2D eigenvalue weighted by Gasteiger charge is 2.27. The van der Waals surface area contributed by atoms with Gasteiger partial charge in [-0.3, -0.25) is 9.79 Å². The summed E-state index contributed by atoms with van der Waals surface area (Å²) in [4.78, 5) is 18.3. The van der Waals surface area contributed by atoms with Crippen LogP contribution >= 0.6 is 24.0 Å². The molecule has 10 heteroatoms. The average molecular weight is 528 g/mol. The minimum atomic E-state index is -4.20. The number of morpholine rings is 1.